The number of aliphatic imine (C=N–C) groups is 1. The topological polar surface area (TPSA) is 72.1 Å². The number of piperidine rings is 1. The standard InChI is InChI=1S/C25H36N4O2.C2H6/c1-25(2,3)27-24(28-26)22(20-12-9-13-21(30-4)23(20)31-5)29-16-14-19(15-17-29)18-10-7-6-8-11-18;1-2/h6-13,19,22H,14-17,26H2,1-5H3,(H,27,28);1-2H3. The van der Waals surface area contributed by atoms with Crippen molar-refractivity contribution in [1.82, 2.24) is 10.3 Å². The fraction of sp³-hybridized carbons (Fsp3) is 0.519. The summed E-state index contributed by atoms with van der Waals surface area (Å²) in [6, 6.07) is 16.6. The number of rotatable bonds is 6. The van der Waals surface area contributed by atoms with Crippen molar-refractivity contribution in [2.24, 2.45) is 10.8 Å². The number of ether oxygens (including phenoxy) is 2. The van der Waals surface area contributed by atoms with E-state index in [9.17, 15) is 0 Å². The zero-order chi connectivity index (χ0) is 24.4. The van der Waals surface area contributed by atoms with Gasteiger partial charge in [-0.2, -0.15) is 0 Å². The molecule has 0 amide bonds. The zero-order valence-electron chi connectivity index (χ0n) is 21.4. The van der Waals surface area contributed by atoms with Crippen LogP contribution in [0.15, 0.2) is 53.5 Å². The lowest BCUT2D eigenvalue weighted by molar-refractivity contribution is 0.182. The Bertz CT molecular complexity index is 869. The smallest absolute Gasteiger partial charge is 0.165 e. The predicted octanol–water partition coefficient (Wildman–Crippen LogP) is 5.31. The molecule has 3 rings (SSSR count). The Morgan fingerprint density at radius 2 is 1.64 bits per heavy atom. The number of para-hydroxylation sites is 1. The monoisotopic (exact) mass is 454 g/mol. The molecule has 1 heterocycles. The number of likely N-dealkylation sites (tertiary alicyclic amines) is 1. The van der Waals surface area contributed by atoms with Gasteiger partial charge >= 0.3 is 0 Å². The summed E-state index contributed by atoms with van der Waals surface area (Å²) in [6.45, 7) is 12.1. The van der Waals surface area contributed by atoms with Crippen molar-refractivity contribution in [3.63, 3.8) is 0 Å². The van der Waals surface area contributed by atoms with E-state index in [1.165, 1.54) is 5.56 Å². The van der Waals surface area contributed by atoms with Crippen LogP contribution in [0.25, 0.3) is 0 Å². The van der Waals surface area contributed by atoms with Gasteiger partial charge in [-0.15, -0.1) is 0 Å². The van der Waals surface area contributed by atoms with Gasteiger partial charge in [-0.1, -0.05) is 56.3 Å². The first-order valence-electron chi connectivity index (χ1n) is 11.9. The Morgan fingerprint density at radius 1 is 1.00 bits per heavy atom. The summed E-state index contributed by atoms with van der Waals surface area (Å²) in [7, 11) is 3.34. The molecule has 0 aliphatic carbocycles. The number of nitrogens with one attached hydrogen (secondary N) is 1. The number of hydrogen-bond acceptors (Lipinski definition) is 5. The number of hydrogen-bond donors (Lipinski definition) is 2. The fourth-order valence-corrected chi connectivity index (χ4v) is 4.39. The van der Waals surface area contributed by atoms with Crippen LogP contribution in [0.1, 0.15) is 70.5 Å². The van der Waals surface area contributed by atoms with Gasteiger partial charge in [0.1, 0.15) is 5.84 Å². The van der Waals surface area contributed by atoms with E-state index in [0.717, 1.165) is 43.1 Å². The average molecular weight is 455 g/mol. The molecule has 6 heteroatoms. The van der Waals surface area contributed by atoms with Gasteiger partial charge in [0.2, 0.25) is 0 Å². The Kier molecular flexibility index (Phi) is 10.2. The highest BCUT2D eigenvalue weighted by molar-refractivity contribution is 5.89. The predicted molar refractivity (Wildman–Crippen MR) is 138 cm³/mol. The third-order valence-electron chi connectivity index (χ3n) is 5.76. The van der Waals surface area contributed by atoms with Gasteiger partial charge in [0.15, 0.2) is 11.5 Å². The van der Waals surface area contributed by atoms with E-state index in [1.54, 1.807) is 14.2 Å². The van der Waals surface area contributed by atoms with Crippen molar-refractivity contribution < 1.29 is 9.47 Å². The van der Waals surface area contributed by atoms with Crippen LogP contribution in [0.2, 0.25) is 0 Å². The van der Waals surface area contributed by atoms with E-state index in [-0.39, 0.29) is 11.6 Å². The highest BCUT2D eigenvalue weighted by atomic mass is 16.5. The Labute approximate surface area is 200 Å². The number of methoxy groups -OCH3 is 2. The SMILES string of the molecule is CC.COc1cccc(C(C(=NC(C)(C)C)NN)N2CCC(c3ccccc3)CC2)c1OC. The minimum absolute atomic E-state index is 0.147. The van der Waals surface area contributed by atoms with Crippen molar-refractivity contribution in [1.29, 1.82) is 0 Å². The molecule has 1 aliphatic rings. The molecule has 33 heavy (non-hydrogen) atoms. The molecular formula is C27H42N4O2. The molecule has 1 saturated heterocycles. The van der Waals surface area contributed by atoms with Crippen molar-refractivity contribution in [3.05, 3.63) is 59.7 Å². The van der Waals surface area contributed by atoms with E-state index in [4.69, 9.17) is 20.3 Å². The van der Waals surface area contributed by atoms with Crippen LogP contribution in [0.4, 0.5) is 0 Å². The Morgan fingerprint density at radius 3 is 2.15 bits per heavy atom. The lowest BCUT2D eigenvalue weighted by Crippen LogP contribution is -2.47. The highest BCUT2D eigenvalue weighted by Crippen LogP contribution is 2.40. The summed E-state index contributed by atoms with van der Waals surface area (Å²) in [4.78, 5) is 7.38. The van der Waals surface area contributed by atoms with Gasteiger partial charge in [0.25, 0.3) is 0 Å². The third-order valence-corrected chi connectivity index (χ3v) is 5.76. The molecule has 1 aliphatic heterocycles. The number of amidine groups is 1. The molecule has 182 valence electrons. The van der Waals surface area contributed by atoms with Gasteiger partial charge in [-0.25, -0.2) is 5.84 Å². The Balaban J connectivity index is 0.00000187. The summed E-state index contributed by atoms with van der Waals surface area (Å²) in [6.07, 6.45) is 2.17. The maximum Gasteiger partial charge on any atom is 0.165 e. The normalized spacial score (nSPS) is 16.4. The maximum absolute atomic E-state index is 6.03. The van der Waals surface area contributed by atoms with Gasteiger partial charge in [0, 0.05) is 5.56 Å². The number of nitrogens with zero attached hydrogens (tertiary/aromatic N) is 2. The fourth-order valence-electron chi connectivity index (χ4n) is 4.39. The average Bonchev–Trinajstić information content (AvgIpc) is 2.84. The summed E-state index contributed by atoms with van der Waals surface area (Å²) < 4.78 is 11.3. The van der Waals surface area contributed by atoms with Crippen LogP contribution >= 0.6 is 0 Å². The lowest BCUT2D eigenvalue weighted by atomic mass is 9.88. The molecule has 0 radical (unpaired) electrons. The van der Waals surface area contributed by atoms with Crippen LogP contribution < -0.4 is 20.7 Å². The molecule has 2 aromatic rings. The quantitative estimate of drug-likeness (QED) is 0.268. The molecule has 2 aromatic carbocycles. The maximum atomic E-state index is 6.03. The number of benzene rings is 2. The molecule has 1 unspecified atom stereocenters. The van der Waals surface area contributed by atoms with E-state index in [2.05, 4.69) is 67.5 Å². The molecule has 0 saturated carbocycles. The molecule has 0 aromatic heterocycles. The van der Waals surface area contributed by atoms with Gasteiger partial charge in [-0.3, -0.25) is 9.89 Å². The molecule has 0 bridgehead atoms. The van der Waals surface area contributed by atoms with Crippen LogP contribution in [0.5, 0.6) is 11.5 Å². The van der Waals surface area contributed by atoms with Crippen molar-refractivity contribution >= 4 is 5.84 Å². The van der Waals surface area contributed by atoms with E-state index in [0.29, 0.717) is 11.7 Å². The van der Waals surface area contributed by atoms with Gasteiger partial charge < -0.3 is 14.9 Å². The second-order valence-corrected chi connectivity index (χ2v) is 9.02. The first-order valence-corrected chi connectivity index (χ1v) is 11.9. The molecule has 1 fully saturated rings. The molecule has 0 spiro atoms. The summed E-state index contributed by atoms with van der Waals surface area (Å²) in [5.41, 5.74) is 5.04. The largest absolute Gasteiger partial charge is 0.493 e. The van der Waals surface area contributed by atoms with Crippen LogP contribution in [0, 0.1) is 0 Å². The van der Waals surface area contributed by atoms with Gasteiger partial charge in [-0.05, 0) is 64.3 Å². The minimum Gasteiger partial charge on any atom is -0.493 e. The van der Waals surface area contributed by atoms with E-state index in [1.807, 2.05) is 26.0 Å². The summed E-state index contributed by atoms with van der Waals surface area (Å²) in [5.74, 6) is 8.75. The van der Waals surface area contributed by atoms with Crippen molar-refractivity contribution in [2.45, 2.75) is 65.0 Å². The van der Waals surface area contributed by atoms with Crippen molar-refractivity contribution in [3.8, 4) is 11.5 Å². The molecule has 6 nitrogen and oxygen atoms in total. The summed E-state index contributed by atoms with van der Waals surface area (Å²) in [5, 5.41) is 0. The number of hydrazine groups is 1. The first-order chi connectivity index (χ1) is 15.9. The van der Waals surface area contributed by atoms with E-state index < -0.39 is 0 Å². The minimum atomic E-state index is -0.269. The van der Waals surface area contributed by atoms with Crippen LogP contribution in [0.3, 0.4) is 0 Å². The second-order valence-electron chi connectivity index (χ2n) is 9.02. The molecule has 1 atom stereocenters. The Hall–Kier alpha value is -2.57. The van der Waals surface area contributed by atoms with Gasteiger partial charge in [0.05, 0.1) is 25.8 Å². The second kappa shape index (κ2) is 12.6. The molecular weight excluding hydrogens is 412 g/mol. The zero-order valence-corrected chi connectivity index (χ0v) is 21.4. The third kappa shape index (κ3) is 6.95. The van der Waals surface area contributed by atoms with Crippen LogP contribution in [-0.2, 0) is 0 Å². The van der Waals surface area contributed by atoms with Crippen molar-refractivity contribution in [2.75, 3.05) is 27.3 Å². The number of nitrogens with two attached hydrogens (primary N) is 1. The first kappa shape index (κ1) is 26.7. The lowest BCUT2D eigenvalue weighted by Gasteiger charge is -2.39. The molecule has 3 N–H and O–H groups in total. The summed E-state index contributed by atoms with van der Waals surface area (Å²) >= 11 is 0. The van der Waals surface area contributed by atoms with E-state index >= 15 is 0 Å². The highest BCUT2D eigenvalue weighted by Gasteiger charge is 2.33. The van der Waals surface area contributed by atoms with Crippen LogP contribution in [-0.4, -0.2) is 43.6 Å².